The first-order valence-corrected chi connectivity index (χ1v) is 8.86. The minimum absolute atomic E-state index is 0.0666. The molecule has 0 atom stereocenters. The summed E-state index contributed by atoms with van der Waals surface area (Å²) in [5.74, 6) is -0.675. The number of benzene rings is 2. The highest BCUT2D eigenvalue weighted by Gasteiger charge is 2.23. The maximum absolute atomic E-state index is 14.7. The van der Waals surface area contributed by atoms with Gasteiger partial charge in [0.05, 0.1) is 5.69 Å². The molecule has 134 valence electrons. The molecule has 2 aromatic rings. The predicted molar refractivity (Wildman–Crippen MR) is 97.8 cm³/mol. The number of carbonyl (C=O) groups is 2. The Hall–Kier alpha value is -2.73. The molecule has 0 unspecified atom stereocenters. The molecule has 0 saturated carbocycles. The third-order valence-electron chi connectivity index (χ3n) is 4.95. The Kier molecular flexibility index (Phi) is 4.42. The minimum atomic E-state index is -0.383. The van der Waals surface area contributed by atoms with Gasteiger partial charge in [0.2, 0.25) is 5.91 Å². The summed E-state index contributed by atoms with van der Waals surface area (Å²) in [5, 5.41) is 5.87. The number of halogens is 1. The van der Waals surface area contributed by atoms with Crippen LogP contribution in [-0.4, -0.2) is 24.9 Å². The molecule has 2 aliphatic heterocycles. The van der Waals surface area contributed by atoms with Crippen LogP contribution < -0.4 is 15.5 Å². The second-order valence-electron chi connectivity index (χ2n) is 6.64. The highest BCUT2D eigenvalue weighted by molar-refractivity contribution is 6.05. The summed E-state index contributed by atoms with van der Waals surface area (Å²) in [6, 6.07) is 10.3. The fourth-order valence-corrected chi connectivity index (χ4v) is 3.56. The summed E-state index contributed by atoms with van der Waals surface area (Å²) in [6.07, 6.45) is 1.97. The molecule has 5 nitrogen and oxygen atoms in total. The third-order valence-corrected chi connectivity index (χ3v) is 4.95. The zero-order valence-corrected chi connectivity index (χ0v) is 14.3. The van der Waals surface area contributed by atoms with Crippen LogP contribution in [0.3, 0.4) is 0 Å². The monoisotopic (exact) mass is 353 g/mol. The fraction of sp³-hybridized carbons (Fsp3) is 0.300. The lowest BCUT2D eigenvalue weighted by molar-refractivity contribution is -0.117. The van der Waals surface area contributed by atoms with Gasteiger partial charge in [0, 0.05) is 30.8 Å². The van der Waals surface area contributed by atoms with Crippen molar-refractivity contribution in [1.82, 2.24) is 5.32 Å². The molecule has 1 fully saturated rings. The van der Waals surface area contributed by atoms with E-state index >= 15 is 0 Å². The molecule has 26 heavy (non-hydrogen) atoms. The van der Waals surface area contributed by atoms with Gasteiger partial charge in [0.15, 0.2) is 0 Å². The molecule has 2 aliphatic rings. The van der Waals surface area contributed by atoms with Crippen molar-refractivity contribution in [3.05, 3.63) is 58.9 Å². The summed E-state index contributed by atoms with van der Waals surface area (Å²) in [4.78, 5) is 26.2. The van der Waals surface area contributed by atoms with E-state index in [2.05, 4.69) is 10.6 Å². The molecule has 0 bridgehead atoms. The lowest BCUT2D eigenvalue weighted by atomic mass is 9.99. The summed E-state index contributed by atoms with van der Waals surface area (Å²) >= 11 is 0. The van der Waals surface area contributed by atoms with Gasteiger partial charge in [0.1, 0.15) is 5.82 Å². The normalized spacial score (nSPS) is 16.5. The van der Waals surface area contributed by atoms with Gasteiger partial charge in [-0.2, -0.15) is 0 Å². The highest BCUT2D eigenvalue weighted by Crippen LogP contribution is 2.26. The largest absolute Gasteiger partial charge is 0.319 e. The second-order valence-corrected chi connectivity index (χ2v) is 6.64. The van der Waals surface area contributed by atoms with Crippen LogP contribution in [0.25, 0.3) is 0 Å². The Balaban J connectivity index is 1.56. The van der Waals surface area contributed by atoms with Crippen molar-refractivity contribution in [1.29, 1.82) is 0 Å². The maximum atomic E-state index is 14.7. The Morgan fingerprint density at radius 1 is 1.19 bits per heavy atom. The SMILES string of the molecule is O=C(Nc1ccc2c(c1F)CCNC2)c1cccc(N2CCCC2=O)c1. The number of fused-ring (bicyclic) bond motifs is 1. The molecule has 2 amide bonds. The average Bonchev–Trinajstić information content (AvgIpc) is 3.10. The van der Waals surface area contributed by atoms with Gasteiger partial charge in [-0.15, -0.1) is 0 Å². The van der Waals surface area contributed by atoms with Crippen molar-refractivity contribution in [3.63, 3.8) is 0 Å². The first kappa shape index (κ1) is 16.7. The molecule has 4 rings (SSSR count). The zero-order chi connectivity index (χ0) is 18.1. The summed E-state index contributed by atoms with van der Waals surface area (Å²) in [7, 11) is 0. The van der Waals surface area contributed by atoms with Crippen molar-refractivity contribution < 1.29 is 14.0 Å². The Labute approximate surface area is 151 Å². The number of carbonyl (C=O) groups excluding carboxylic acids is 2. The second kappa shape index (κ2) is 6.88. The van der Waals surface area contributed by atoms with E-state index in [0.29, 0.717) is 42.7 Å². The van der Waals surface area contributed by atoms with Crippen LogP contribution >= 0.6 is 0 Å². The molecular formula is C20H20FN3O2. The van der Waals surface area contributed by atoms with Gasteiger partial charge >= 0.3 is 0 Å². The van der Waals surface area contributed by atoms with Crippen molar-refractivity contribution in [2.75, 3.05) is 23.3 Å². The molecule has 2 aromatic carbocycles. The van der Waals surface area contributed by atoms with Gasteiger partial charge in [-0.05, 0) is 54.8 Å². The summed E-state index contributed by atoms with van der Waals surface area (Å²) in [6.45, 7) is 2.04. The number of hydrogen-bond donors (Lipinski definition) is 2. The number of anilines is 2. The molecule has 0 spiro atoms. The summed E-state index contributed by atoms with van der Waals surface area (Å²) < 4.78 is 14.7. The van der Waals surface area contributed by atoms with E-state index in [0.717, 1.165) is 18.5 Å². The van der Waals surface area contributed by atoms with Crippen molar-refractivity contribution in [2.45, 2.75) is 25.8 Å². The molecular weight excluding hydrogens is 333 g/mol. The van der Waals surface area contributed by atoms with Crippen molar-refractivity contribution in [3.8, 4) is 0 Å². The van der Waals surface area contributed by atoms with E-state index in [1.54, 1.807) is 29.2 Å². The zero-order valence-electron chi connectivity index (χ0n) is 14.3. The first-order chi connectivity index (χ1) is 12.6. The Bertz CT molecular complexity index is 881. The molecule has 1 saturated heterocycles. The number of amides is 2. The highest BCUT2D eigenvalue weighted by atomic mass is 19.1. The van der Waals surface area contributed by atoms with E-state index in [1.807, 2.05) is 12.1 Å². The standard InChI is InChI=1S/C20H20FN3O2/c21-19-16-8-9-22-12-14(16)6-7-17(19)23-20(26)13-3-1-4-15(11-13)24-10-2-5-18(24)25/h1,3-4,6-7,11,22H,2,5,8-10,12H2,(H,23,26). The Morgan fingerprint density at radius 3 is 2.88 bits per heavy atom. The average molecular weight is 353 g/mol. The van der Waals surface area contributed by atoms with Gasteiger partial charge in [-0.1, -0.05) is 12.1 Å². The van der Waals surface area contributed by atoms with E-state index in [9.17, 15) is 14.0 Å². The topological polar surface area (TPSA) is 61.4 Å². The van der Waals surface area contributed by atoms with Gasteiger partial charge < -0.3 is 15.5 Å². The van der Waals surface area contributed by atoms with E-state index in [1.165, 1.54) is 0 Å². The third kappa shape index (κ3) is 3.08. The molecule has 0 radical (unpaired) electrons. The lowest BCUT2D eigenvalue weighted by Gasteiger charge is -2.20. The maximum Gasteiger partial charge on any atom is 0.255 e. The lowest BCUT2D eigenvalue weighted by Crippen LogP contribution is -2.25. The van der Waals surface area contributed by atoms with Crippen LogP contribution in [0.5, 0.6) is 0 Å². The minimum Gasteiger partial charge on any atom is -0.319 e. The van der Waals surface area contributed by atoms with Crippen LogP contribution in [0.2, 0.25) is 0 Å². The number of rotatable bonds is 3. The van der Waals surface area contributed by atoms with Crippen LogP contribution in [0, 0.1) is 5.82 Å². The van der Waals surface area contributed by atoms with E-state index < -0.39 is 0 Å². The quantitative estimate of drug-likeness (QED) is 0.892. The first-order valence-electron chi connectivity index (χ1n) is 8.86. The van der Waals surface area contributed by atoms with E-state index in [-0.39, 0.29) is 23.3 Å². The predicted octanol–water partition coefficient (Wildman–Crippen LogP) is 2.85. The van der Waals surface area contributed by atoms with E-state index in [4.69, 9.17) is 0 Å². The van der Waals surface area contributed by atoms with Crippen LogP contribution in [0.4, 0.5) is 15.8 Å². The van der Waals surface area contributed by atoms with Crippen LogP contribution in [0.15, 0.2) is 36.4 Å². The number of nitrogens with one attached hydrogen (secondary N) is 2. The van der Waals surface area contributed by atoms with Crippen LogP contribution in [-0.2, 0) is 17.8 Å². The van der Waals surface area contributed by atoms with Gasteiger partial charge in [-0.3, -0.25) is 9.59 Å². The molecule has 6 heteroatoms. The van der Waals surface area contributed by atoms with Crippen LogP contribution in [0.1, 0.15) is 34.3 Å². The molecule has 2 N–H and O–H groups in total. The molecule has 0 aromatic heterocycles. The fourth-order valence-electron chi connectivity index (χ4n) is 3.56. The number of hydrogen-bond acceptors (Lipinski definition) is 3. The smallest absolute Gasteiger partial charge is 0.255 e. The number of nitrogens with zero attached hydrogens (tertiary/aromatic N) is 1. The Morgan fingerprint density at radius 2 is 2.08 bits per heavy atom. The van der Waals surface area contributed by atoms with Gasteiger partial charge in [0.25, 0.3) is 5.91 Å². The van der Waals surface area contributed by atoms with Crippen molar-refractivity contribution >= 4 is 23.2 Å². The molecule has 2 heterocycles. The molecule has 0 aliphatic carbocycles. The van der Waals surface area contributed by atoms with Crippen molar-refractivity contribution in [2.24, 2.45) is 0 Å². The summed E-state index contributed by atoms with van der Waals surface area (Å²) in [5.41, 5.74) is 2.90. The van der Waals surface area contributed by atoms with Gasteiger partial charge in [-0.25, -0.2) is 4.39 Å².